The van der Waals surface area contributed by atoms with E-state index in [1.54, 1.807) is 0 Å². The summed E-state index contributed by atoms with van der Waals surface area (Å²) >= 11 is 0. The lowest BCUT2D eigenvalue weighted by atomic mass is 10.1. The van der Waals surface area contributed by atoms with E-state index in [0.717, 1.165) is 12.0 Å². The van der Waals surface area contributed by atoms with Crippen LogP contribution in [0.1, 0.15) is 16.7 Å². The van der Waals surface area contributed by atoms with Crippen molar-refractivity contribution in [2.45, 2.75) is 6.42 Å². The van der Waals surface area contributed by atoms with Gasteiger partial charge in [0, 0.05) is 0 Å². The van der Waals surface area contributed by atoms with E-state index in [1.165, 1.54) is 22.3 Å². The molecule has 3 rings (SSSR count). The summed E-state index contributed by atoms with van der Waals surface area (Å²) in [6.07, 6.45) is 5.15. The predicted octanol–water partition coefficient (Wildman–Crippen LogP) is 3.70. The van der Waals surface area contributed by atoms with Crippen LogP contribution in [-0.4, -0.2) is 11.7 Å². The minimum atomic E-state index is 0.103. The zero-order chi connectivity index (χ0) is 13.1. The monoisotopic (exact) mass is 248 g/mol. The zero-order valence-electron chi connectivity index (χ0n) is 10.7. The first-order valence-electron chi connectivity index (χ1n) is 6.53. The van der Waals surface area contributed by atoms with E-state index in [-0.39, 0.29) is 6.61 Å². The number of allylic oxidation sites excluding steroid dienone is 2. The molecule has 94 valence electrons. The van der Waals surface area contributed by atoms with Crippen LogP contribution in [-0.2, 0) is 6.42 Å². The molecule has 1 heteroatoms. The fraction of sp³-hybridized carbons (Fsp3) is 0.111. The number of aliphatic hydroxyl groups excluding tert-OH is 1. The lowest BCUT2D eigenvalue weighted by Crippen LogP contribution is -1.89. The van der Waals surface area contributed by atoms with Crippen molar-refractivity contribution in [3.63, 3.8) is 0 Å². The molecule has 1 aliphatic carbocycles. The van der Waals surface area contributed by atoms with Gasteiger partial charge in [-0.1, -0.05) is 66.7 Å². The molecule has 1 aliphatic rings. The molecular weight excluding hydrogens is 232 g/mol. The SMILES string of the molecule is OCC1=C(C=Cc2ccccc2)Cc2ccccc21. The van der Waals surface area contributed by atoms with E-state index < -0.39 is 0 Å². The molecule has 0 amide bonds. The quantitative estimate of drug-likeness (QED) is 0.878. The van der Waals surface area contributed by atoms with Gasteiger partial charge in [0.1, 0.15) is 0 Å². The van der Waals surface area contributed by atoms with E-state index in [2.05, 4.69) is 42.5 Å². The summed E-state index contributed by atoms with van der Waals surface area (Å²) < 4.78 is 0. The normalized spacial score (nSPS) is 14.2. The van der Waals surface area contributed by atoms with E-state index in [0.29, 0.717) is 0 Å². The molecule has 0 spiro atoms. The number of benzene rings is 2. The first kappa shape index (κ1) is 11.9. The minimum absolute atomic E-state index is 0.103. The maximum absolute atomic E-state index is 9.59. The molecule has 0 aromatic heterocycles. The Labute approximate surface area is 113 Å². The maximum Gasteiger partial charge on any atom is 0.0690 e. The molecule has 2 aromatic rings. The maximum atomic E-state index is 9.59. The molecule has 2 aromatic carbocycles. The van der Waals surface area contributed by atoms with Gasteiger partial charge in [-0.2, -0.15) is 0 Å². The minimum Gasteiger partial charge on any atom is -0.392 e. The van der Waals surface area contributed by atoms with Crippen LogP contribution in [0.15, 0.2) is 66.2 Å². The van der Waals surface area contributed by atoms with Gasteiger partial charge in [-0.15, -0.1) is 0 Å². The van der Waals surface area contributed by atoms with Gasteiger partial charge in [-0.05, 0) is 34.3 Å². The van der Waals surface area contributed by atoms with Gasteiger partial charge in [-0.25, -0.2) is 0 Å². The van der Waals surface area contributed by atoms with E-state index in [1.807, 2.05) is 24.3 Å². The molecule has 19 heavy (non-hydrogen) atoms. The van der Waals surface area contributed by atoms with Gasteiger partial charge in [0.15, 0.2) is 0 Å². The van der Waals surface area contributed by atoms with Crippen molar-refractivity contribution in [1.82, 2.24) is 0 Å². The van der Waals surface area contributed by atoms with Crippen molar-refractivity contribution in [2.75, 3.05) is 6.61 Å². The highest BCUT2D eigenvalue weighted by molar-refractivity contribution is 5.80. The van der Waals surface area contributed by atoms with E-state index in [4.69, 9.17) is 0 Å². The number of rotatable bonds is 3. The average molecular weight is 248 g/mol. The Bertz CT molecular complexity index is 636. The number of fused-ring (bicyclic) bond motifs is 1. The molecular formula is C18H16O. The van der Waals surface area contributed by atoms with Gasteiger partial charge in [0.2, 0.25) is 0 Å². The van der Waals surface area contributed by atoms with Gasteiger partial charge in [0.05, 0.1) is 6.61 Å². The lowest BCUT2D eigenvalue weighted by molar-refractivity contribution is 0.350. The van der Waals surface area contributed by atoms with Crippen LogP contribution < -0.4 is 0 Å². The fourth-order valence-electron chi connectivity index (χ4n) is 2.56. The van der Waals surface area contributed by atoms with Crippen molar-refractivity contribution in [3.8, 4) is 0 Å². The Hall–Kier alpha value is -2.12. The molecule has 0 fully saturated rings. The fourth-order valence-corrected chi connectivity index (χ4v) is 2.56. The summed E-state index contributed by atoms with van der Waals surface area (Å²) in [5.41, 5.74) is 5.95. The topological polar surface area (TPSA) is 20.2 Å². The van der Waals surface area contributed by atoms with Crippen LogP contribution in [0.25, 0.3) is 11.6 Å². The molecule has 1 N–H and O–H groups in total. The van der Waals surface area contributed by atoms with E-state index >= 15 is 0 Å². The summed E-state index contributed by atoms with van der Waals surface area (Å²) in [7, 11) is 0. The molecule has 0 heterocycles. The first-order valence-corrected chi connectivity index (χ1v) is 6.53. The van der Waals surface area contributed by atoms with Gasteiger partial charge < -0.3 is 5.11 Å². The molecule has 0 aliphatic heterocycles. The number of aliphatic hydroxyl groups is 1. The Morgan fingerprint density at radius 3 is 2.42 bits per heavy atom. The second-order valence-corrected chi connectivity index (χ2v) is 4.74. The lowest BCUT2D eigenvalue weighted by Gasteiger charge is -2.01. The Morgan fingerprint density at radius 1 is 0.895 bits per heavy atom. The van der Waals surface area contributed by atoms with Crippen molar-refractivity contribution >= 4 is 11.6 Å². The highest BCUT2D eigenvalue weighted by atomic mass is 16.3. The highest BCUT2D eigenvalue weighted by Crippen LogP contribution is 2.33. The van der Waals surface area contributed by atoms with Crippen LogP contribution in [0.3, 0.4) is 0 Å². The standard InChI is InChI=1S/C18H16O/c19-13-18-16(11-10-14-6-2-1-3-7-14)12-15-8-4-5-9-17(15)18/h1-11,19H,12-13H2. The summed E-state index contributed by atoms with van der Waals surface area (Å²) in [5, 5.41) is 9.59. The van der Waals surface area contributed by atoms with Gasteiger partial charge >= 0.3 is 0 Å². The predicted molar refractivity (Wildman–Crippen MR) is 79.6 cm³/mol. The first-order chi connectivity index (χ1) is 9.38. The molecule has 0 saturated heterocycles. The molecule has 0 unspecified atom stereocenters. The van der Waals surface area contributed by atoms with Crippen LogP contribution >= 0.6 is 0 Å². The second kappa shape index (κ2) is 5.25. The van der Waals surface area contributed by atoms with Gasteiger partial charge in [-0.3, -0.25) is 0 Å². The highest BCUT2D eigenvalue weighted by Gasteiger charge is 2.18. The molecule has 0 bridgehead atoms. The third kappa shape index (κ3) is 2.38. The van der Waals surface area contributed by atoms with Crippen molar-refractivity contribution in [3.05, 3.63) is 82.9 Å². The smallest absolute Gasteiger partial charge is 0.0690 e. The van der Waals surface area contributed by atoms with Crippen LogP contribution in [0, 0.1) is 0 Å². The van der Waals surface area contributed by atoms with Gasteiger partial charge in [0.25, 0.3) is 0 Å². The summed E-state index contributed by atoms with van der Waals surface area (Å²) in [5.74, 6) is 0. The third-order valence-electron chi connectivity index (χ3n) is 3.55. The molecule has 0 atom stereocenters. The third-order valence-corrected chi connectivity index (χ3v) is 3.55. The van der Waals surface area contributed by atoms with Crippen molar-refractivity contribution in [1.29, 1.82) is 0 Å². The molecule has 0 radical (unpaired) electrons. The average Bonchev–Trinajstić information content (AvgIpc) is 2.83. The Balaban J connectivity index is 1.92. The zero-order valence-corrected chi connectivity index (χ0v) is 10.7. The Kier molecular flexibility index (Phi) is 3.30. The largest absolute Gasteiger partial charge is 0.392 e. The van der Waals surface area contributed by atoms with Crippen molar-refractivity contribution in [2.24, 2.45) is 0 Å². The van der Waals surface area contributed by atoms with Crippen LogP contribution in [0.4, 0.5) is 0 Å². The van der Waals surface area contributed by atoms with Crippen LogP contribution in [0.2, 0.25) is 0 Å². The second-order valence-electron chi connectivity index (χ2n) is 4.74. The molecule has 0 saturated carbocycles. The van der Waals surface area contributed by atoms with E-state index in [9.17, 15) is 5.11 Å². The Morgan fingerprint density at radius 2 is 1.63 bits per heavy atom. The molecule has 1 nitrogen and oxygen atoms in total. The summed E-state index contributed by atoms with van der Waals surface area (Å²) in [4.78, 5) is 0. The number of hydrogen-bond donors (Lipinski definition) is 1. The van der Waals surface area contributed by atoms with Crippen molar-refractivity contribution < 1.29 is 5.11 Å². The number of hydrogen-bond acceptors (Lipinski definition) is 1. The van der Waals surface area contributed by atoms with Crippen LogP contribution in [0.5, 0.6) is 0 Å². The summed E-state index contributed by atoms with van der Waals surface area (Å²) in [6.45, 7) is 0.103. The summed E-state index contributed by atoms with van der Waals surface area (Å²) in [6, 6.07) is 18.5.